The van der Waals surface area contributed by atoms with Gasteiger partial charge in [-0.15, -0.1) is 0 Å². The van der Waals surface area contributed by atoms with E-state index in [1.807, 2.05) is 29.4 Å². The van der Waals surface area contributed by atoms with Crippen molar-refractivity contribution in [1.82, 2.24) is 20.2 Å². The zero-order valence-corrected chi connectivity index (χ0v) is 18.0. The highest BCUT2D eigenvalue weighted by molar-refractivity contribution is 9.10. The zero-order chi connectivity index (χ0) is 19.3. The number of aromatic amines is 2. The number of amides is 1. The van der Waals surface area contributed by atoms with Gasteiger partial charge in [-0.2, -0.15) is 0 Å². The Balaban J connectivity index is 1.46. The molecule has 5 rings (SSSR count). The first-order valence-electron chi connectivity index (χ1n) is 9.11. The van der Waals surface area contributed by atoms with Gasteiger partial charge in [0.25, 0.3) is 0 Å². The summed E-state index contributed by atoms with van der Waals surface area (Å²) in [5.74, 6) is 0. The Kier molecular flexibility index (Phi) is 4.53. The van der Waals surface area contributed by atoms with E-state index in [9.17, 15) is 4.79 Å². The number of carbonyl (C=O) groups excluding carboxylic acids is 1. The fourth-order valence-corrected chi connectivity index (χ4v) is 4.92. The van der Waals surface area contributed by atoms with Crippen LogP contribution in [0.25, 0.3) is 21.8 Å². The van der Waals surface area contributed by atoms with Crippen molar-refractivity contribution >= 4 is 60.1 Å². The van der Waals surface area contributed by atoms with E-state index in [4.69, 9.17) is 0 Å². The lowest BCUT2D eigenvalue weighted by molar-refractivity contribution is -0.121. The number of piperazine rings is 1. The van der Waals surface area contributed by atoms with Crippen LogP contribution in [-0.2, 0) is 4.79 Å². The Morgan fingerprint density at radius 1 is 0.929 bits per heavy atom. The van der Waals surface area contributed by atoms with Gasteiger partial charge < -0.3 is 20.2 Å². The number of rotatable bonds is 3. The van der Waals surface area contributed by atoms with E-state index >= 15 is 0 Å². The van der Waals surface area contributed by atoms with E-state index in [-0.39, 0.29) is 12.1 Å². The third-order valence-corrected chi connectivity index (χ3v) is 6.56. The van der Waals surface area contributed by atoms with Crippen molar-refractivity contribution in [1.29, 1.82) is 0 Å². The molecule has 0 radical (unpaired) electrons. The van der Waals surface area contributed by atoms with Crippen LogP contribution in [0.3, 0.4) is 0 Å². The Bertz CT molecular complexity index is 1180. The molecule has 0 aliphatic carbocycles. The lowest BCUT2D eigenvalue weighted by Crippen LogP contribution is -2.47. The van der Waals surface area contributed by atoms with Crippen molar-refractivity contribution in [2.75, 3.05) is 13.1 Å². The van der Waals surface area contributed by atoms with E-state index in [0.29, 0.717) is 13.1 Å². The fourth-order valence-electron chi connectivity index (χ4n) is 4.19. The van der Waals surface area contributed by atoms with Crippen LogP contribution in [-0.4, -0.2) is 34.4 Å². The first kappa shape index (κ1) is 18.0. The number of benzene rings is 2. The van der Waals surface area contributed by atoms with Crippen LogP contribution in [0.2, 0.25) is 0 Å². The molecule has 2 aromatic carbocycles. The molecule has 4 aromatic rings. The monoisotopic (exact) mass is 500 g/mol. The van der Waals surface area contributed by atoms with Gasteiger partial charge in [0.2, 0.25) is 6.41 Å². The molecule has 2 atom stereocenters. The van der Waals surface area contributed by atoms with Crippen LogP contribution in [0.5, 0.6) is 0 Å². The van der Waals surface area contributed by atoms with Crippen molar-refractivity contribution in [3.05, 3.63) is 68.9 Å². The summed E-state index contributed by atoms with van der Waals surface area (Å²) in [4.78, 5) is 20.5. The number of hydrogen-bond acceptors (Lipinski definition) is 2. The van der Waals surface area contributed by atoms with Crippen molar-refractivity contribution in [3.8, 4) is 0 Å². The van der Waals surface area contributed by atoms with Gasteiger partial charge in [-0.05, 0) is 29.8 Å². The summed E-state index contributed by atoms with van der Waals surface area (Å²) < 4.78 is 2.08. The number of fused-ring (bicyclic) bond motifs is 2. The minimum absolute atomic E-state index is 0.00280. The molecule has 3 N–H and O–H groups in total. The van der Waals surface area contributed by atoms with Gasteiger partial charge in [-0.25, -0.2) is 0 Å². The van der Waals surface area contributed by atoms with E-state index in [1.165, 1.54) is 10.9 Å². The number of nitrogens with zero attached hydrogens (tertiary/aromatic N) is 1. The summed E-state index contributed by atoms with van der Waals surface area (Å²) in [5, 5.41) is 5.98. The molecule has 2 aromatic heterocycles. The van der Waals surface area contributed by atoms with Gasteiger partial charge in [0.1, 0.15) is 0 Å². The Morgan fingerprint density at radius 3 is 2.18 bits per heavy atom. The molecule has 1 fully saturated rings. The van der Waals surface area contributed by atoms with Gasteiger partial charge in [0, 0.05) is 61.8 Å². The summed E-state index contributed by atoms with van der Waals surface area (Å²) in [6.07, 6.45) is 5.03. The highest BCUT2D eigenvalue weighted by Gasteiger charge is 2.31. The third-order valence-electron chi connectivity index (χ3n) is 5.57. The SMILES string of the molecule is O=CN1C[C@@H](c2c[nH]c3cc(Br)ccc23)NC[C@@H]1c1c[nH]c2cc(Br)ccc12. The number of nitrogens with one attached hydrogen (secondary N) is 3. The maximum Gasteiger partial charge on any atom is 0.210 e. The standard InChI is InChI=1S/C21H18Br2N4O/c22-12-1-3-14-16(7-24-18(14)5-12)20-10-27(11-28)21(9-26-20)17-8-25-19-6-13(23)2-4-15(17)19/h1-8,11,20-21,24-26H,9-10H2/t20-,21+/m0/s1. The van der Waals surface area contributed by atoms with Crippen LogP contribution in [0.15, 0.2) is 57.7 Å². The van der Waals surface area contributed by atoms with Gasteiger partial charge >= 0.3 is 0 Å². The highest BCUT2D eigenvalue weighted by Crippen LogP contribution is 2.35. The predicted molar refractivity (Wildman–Crippen MR) is 118 cm³/mol. The number of halogens is 2. The molecule has 1 aliphatic rings. The van der Waals surface area contributed by atoms with Crippen LogP contribution in [0.4, 0.5) is 0 Å². The topological polar surface area (TPSA) is 63.9 Å². The minimum atomic E-state index is 0.00280. The average Bonchev–Trinajstić information content (AvgIpc) is 3.30. The third kappa shape index (κ3) is 2.98. The lowest BCUT2D eigenvalue weighted by atomic mass is 9.97. The summed E-state index contributed by atoms with van der Waals surface area (Å²) >= 11 is 7.03. The lowest BCUT2D eigenvalue weighted by Gasteiger charge is -2.38. The van der Waals surface area contributed by atoms with Gasteiger partial charge in [-0.3, -0.25) is 4.79 Å². The van der Waals surface area contributed by atoms with Crippen LogP contribution < -0.4 is 5.32 Å². The molecule has 7 heteroatoms. The second kappa shape index (κ2) is 7.06. The summed E-state index contributed by atoms with van der Waals surface area (Å²) in [7, 11) is 0. The smallest absolute Gasteiger partial charge is 0.210 e. The summed E-state index contributed by atoms with van der Waals surface area (Å²) in [6, 6.07) is 12.5. The van der Waals surface area contributed by atoms with E-state index < -0.39 is 0 Å². The van der Waals surface area contributed by atoms with Gasteiger partial charge in [-0.1, -0.05) is 44.0 Å². The maximum atomic E-state index is 11.9. The van der Waals surface area contributed by atoms with Crippen LogP contribution >= 0.6 is 31.9 Å². The Labute approximate surface area is 178 Å². The molecule has 28 heavy (non-hydrogen) atoms. The zero-order valence-electron chi connectivity index (χ0n) is 14.9. The highest BCUT2D eigenvalue weighted by atomic mass is 79.9. The largest absolute Gasteiger partial charge is 0.361 e. The molecule has 1 aliphatic heterocycles. The molecular formula is C21H18Br2N4O. The second-order valence-electron chi connectivity index (χ2n) is 7.15. The molecule has 0 unspecified atom stereocenters. The Morgan fingerprint density at radius 2 is 1.54 bits per heavy atom. The minimum Gasteiger partial charge on any atom is -0.361 e. The van der Waals surface area contributed by atoms with Crippen molar-refractivity contribution in [2.24, 2.45) is 0 Å². The molecule has 0 bridgehead atoms. The number of H-pyrrole nitrogens is 2. The molecule has 1 saturated heterocycles. The normalized spacial score (nSPS) is 20.1. The number of aromatic nitrogens is 2. The second-order valence-corrected chi connectivity index (χ2v) is 8.98. The van der Waals surface area contributed by atoms with Crippen LogP contribution in [0.1, 0.15) is 23.2 Å². The van der Waals surface area contributed by atoms with Crippen molar-refractivity contribution in [3.63, 3.8) is 0 Å². The van der Waals surface area contributed by atoms with E-state index in [1.54, 1.807) is 0 Å². The van der Waals surface area contributed by atoms with E-state index in [0.717, 1.165) is 37.3 Å². The quantitative estimate of drug-likeness (QED) is 0.345. The average molecular weight is 502 g/mol. The molecule has 5 nitrogen and oxygen atoms in total. The van der Waals surface area contributed by atoms with Crippen molar-refractivity contribution < 1.29 is 4.79 Å². The maximum absolute atomic E-state index is 11.9. The molecule has 3 heterocycles. The predicted octanol–water partition coefficient (Wildman–Crippen LogP) is 5.02. The molecular weight excluding hydrogens is 484 g/mol. The first-order chi connectivity index (χ1) is 13.6. The van der Waals surface area contributed by atoms with Gasteiger partial charge in [0.15, 0.2) is 0 Å². The van der Waals surface area contributed by atoms with Crippen LogP contribution in [0, 0.1) is 0 Å². The molecule has 0 spiro atoms. The van der Waals surface area contributed by atoms with Crippen molar-refractivity contribution in [2.45, 2.75) is 12.1 Å². The van der Waals surface area contributed by atoms with E-state index in [2.05, 4.69) is 71.4 Å². The fraction of sp³-hybridized carbons (Fsp3) is 0.190. The molecule has 1 amide bonds. The Hall–Kier alpha value is -2.09. The number of hydrogen-bond donors (Lipinski definition) is 3. The van der Waals surface area contributed by atoms with Gasteiger partial charge in [0.05, 0.1) is 12.1 Å². The molecule has 142 valence electrons. The molecule has 0 saturated carbocycles. The number of carbonyl (C=O) groups is 1. The summed E-state index contributed by atoms with van der Waals surface area (Å²) in [6.45, 7) is 1.33. The summed E-state index contributed by atoms with van der Waals surface area (Å²) in [5.41, 5.74) is 4.49. The first-order valence-corrected chi connectivity index (χ1v) is 10.7.